The number of hydrogen-bond acceptors (Lipinski definition) is 5. The molecule has 3 aromatic rings. The van der Waals surface area contributed by atoms with Crippen molar-refractivity contribution in [2.24, 2.45) is 0 Å². The van der Waals surface area contributed by atoms with Gasteiger partial charge in [-0.1, -0.05) is 24.3 Å². The van der Waals surface area contributed by atoms with Crippen LogP contribution < -0.4 is 10.6 Å². The molecule has 2 amide bonds. The molecule has 2 aliphatic rings. The van der Waals surface area contributed by atoms with Crippen LogP contribution in [0.2, 0.25) is 0 Å². The summed E-state index contributed by atoms with van der Waals surface area (Å²) in [5.41, 5.74) is 2.54. The molecule has 1 aromatic heterocycles. The number of para-hydroxylation sites is 1. The molecule has 2 aromatic carbocycles. The van der Waals surface area contributed by atoms with Crippen molar-refractivity contribution < 1.29 is 9.59 Å². The van der Waals surface area contributed by atoms with Gasteiger partial charge >= 0.3 is 0 Å². The first-order valence-electron chi connectivity index (χ1n) is 9.85. The topological polar surface area (TPSA) is 92.2 Å². The van der Waals surface area contributed by atoms with E-state index in [2.05, 4.69) is 20.8 Å². The first-order valence-corrected chi connectivity index (χ1v) is 9.85. The number of rotatable bonds is 2. The number of carbonyl (C=O) groups is 2. The summed E-state index contributed by atoms with van der Waals surface area (Å²) in [6, 6.07) is 14.6. The fourth-order valence-corrected chi connectivity index (χ4v) is 4.14. The van der Waals surface area contributed by atoms with Gasteiger partial charge < -0.3 is 15.5 Å². The highest BCUT2D eigenvalue weighted by molar-refractivity contribution is 6.02. The van der Waals surface area contributed by atoms with Crippen LogP contribution in [-0.2, 0) is 4.79 Å². The van der Waals surface area contributed by atoms with Crippen molar-refractivity contribution in [1.82, 2.24) is 25.2 Å². The fourth-order valence-electron chi connectivity index (χ4n) is 4.14. The highest BCUT2D eigenvalue weighted by Crippen LogP contribution is 2.31. The minimum atomic E-state index is -0.510. The van der Waals surface area contributed by atoms with Crippen LogP contribution in [0.4, 0.5) is 5.69 Å². The summed E-state index contributed by atoms with van der Waals surface area (Å²) in [6.07, 6.45) is 1.28. The molecule has 1 saturated heterocycles. The lowest BCUT2D eigenvalue weighted by Crippen LogP contribution is -2.63. The molecule has 0 aliphatic carbocycles. The van der Waals surface area contributed by atoms with E-state index < -0.39 is 11.7 Å². The van der Waals surface area contributed by atoms with Gasteiger partial charge in [0.1, 0.15) is 22.7 Å². The number of aromatic nitrogens is 3. The SMILES string of the molecule is C[C@@H](C(=O)N1CCC2(CC1)NC(=O)c1ccccc1N2)n1nc2ccccc2n1. The number of amides is 2. The Labute approximate surface area is 167 Å². The summed E-state index contributed by atoms with van der Waals surface area (Å²) in [4.78, 5) is 28.9. The van der Waals surface area contributed by atoms with Gasteiger partial charge in [-0.15, -0.1) is 0 Å². The third-order valence-corrected chi connectivity index (χ3v) is 5.83. The van der Waals surface area contributed by atoms with Gasteiger partial charge in [0.2, 0.25) is 5.91 Å². The maximum atomic E-state index is 13.0. The van der Waals surface area contributed by atoms with E-state index in [0.29, 0.717) is 31.5 Å². The number of piperidine rings is 1. The number of likely N-dealkylation sites (tertiary alicyclic amines) is 1. The third kappa shape index (κ3) is 3.00. The Morgan fingerprint density at radius 1 is 1.00 bits per heavy atom. The molecule has 1 atom stereocenters. The summed E-state index contributed by atoms with van der Waals surface area (Å²) in [5, 5.41) is 15.5. The van der Waals surface area contributed by atoms with E-state index in [1.807, 2.05) is 60.4 Å². The lowest BCUT2D eigenvalue weighted by atomic mass is 9.92. The molecular weight excluding hydrogens is 368 g/mol. The van der Waals surface area contributed by atoms with Gasteiger partial charge in [0.15, 0.2) is 0 Å². The number of hydrogen-bond donors (Lipinski definition) is 2. The summed E-state index contributed by atoms with van der Waals surface area (Å²) in [7, 11) is 0. The first-order chi connectivity index (χ1) is 14.0. The van der Waals surface area contributed by atoms with Crippen LogP contribution in [-0.4, -0.2) is 50.5 Å². The zero-order valence-corrected chi connectivity index (χ0v) is 16.1. The summed E-state index contributed by atoms with van der Waals surface area (Å²) in [5.74, 6) is -0.0809. The number of benzene rings is 2. The van der Waals surface area contributed by atoms with Crippen LogP contribution >= 0.6 is 0 Å². The number of fused-ring (bicyclic) bond motifs is 2. The van der Waals surface area contributed by atoms with Gasteiger partial charge in [-0.05, 0) is 31.2 Å². The predicted molar refractivity (Wildman–Crippen MR) is 108 cm³/mol. The van der Waals surface area contributed by atoms with Crippen molar-refractivity contribution in [2.45, 2.75) is 31.5 Å². The average Bonchev–Trinajstić information content (AvgIpc) is 3.17. The normalized spacial score (nSPS) is 18.8. The van der Waals surface area contributed by atoms with Crippen molar-refractivity contribution in [2.75, 3.05) is 18.4 Å². The average molecular weight is 390 g/mol. The zero-order valence-electron chi connectivity index (χ0n) is 16.1. The van der Waals surface area contributed by atoms with E-state index in [1.165, 1.54) is 4.80 Å². The van der Waals surface area contributed by atoms with Crippen molar-refractivity contribution >= 4 is 28.5 Å². The molecule has 1 fully saturated rings. The lowest BCUT2D eigenvalue weighted by Gasteiger charge is -2.46. The van der Waals surface area contributed by atoms with Crippen molar-refractivity contribution in [3.05, 3.63) is 54.1 Å². The fraction of sp³-hybridized carbons (Fsp3) is 0.333. The Morgan fingerprint density at radius 2 is 1.62 bits per heavy atom. The molecule has 2 N–H and O–H groups in total. The van der Waals surface area contributed by atoms with Gasteiger partial charge in [-0.25, -0.2) is 0 Å². The molecule has 0 unspecified atom stereocenters. The van der Waals surface area contributed by atoms with Gasteiger partial charge in [0, 0.05) is 31.6 Å². The second-order valence-electron chi connectivity index (χ2n) is 7.72. The first kappa shape index (κ1) is 17.7. The number of nitrogens with zero attached hydrogens (tertiary/aromatic N) is 4. The van der Waals surface area contributed by atoms with Gasteiger partial charge in [0.05, 0.1) is 5.56 Å². The van der Waals surface area contributed by atoms with E-state index >= 15 is 0 Å². The molecule has 2 aliphatic heterocycles. The minimum Gasteiger partial charge on any atom is -0.362 e. The molecular formula is C21H22N6O2. The smallest absolute Gasteiger partial charge is 0.255 e. The second-order valence-corrected chi connectivity index (χ2v) is 7.72. The van der Waals surface area contributed by atoms with Gasteiger partial charge in [-0.2, -0.15) is 15.0 Å². The molecule has 5 rings (SSSR count). The highest BCUT2D eigenvalue weighted by atomic mass is 16.2. The van der Waals surface area contributed by atoms with E-state index in [-0.39, 0.29) is 11.8 Å². The predicted octanol–water partition coefficient (Wildman–Crippen LogP) is 2.17. The van der Waals surface area contributed by atoms with Crippen molar-refractivity contribution in [1.29, 1.82) is 0 Å². The van der Waals surface area contributed by atoms with Crippen LogP contribution in [0.25, 0.3) is 11.0 Å². The number of carbonyl (C=O) groups excluding carboxylic acids is 2. The number of anilines is 1. The molecule has 8 heteroatoms. The van der Waals surface area contributed by atoms with E-state index in [0.717, 1.165) is 16.7 Å². The molecule has 3 heterocycles. The minimum absolute atomic E-state index is 0.0114. The quantitative estimate of drug-likeness (QED) is 0.700. The Kier molecular flexibility index (Phi) is 4.01. The maximum Gasteiger partial charge on any atom is 0.255 e. The Morgan fingerprint density at radius 3 is 2.31 bits per heavy atom. The molecule has 8 nitrogen and oxygen atoms in total. The van der Waals surface area contributed by atoms with Gasteiger partial charge in [0.25, 0.3) is 5.91 Å². The largest absolute Gasteiger partial charge is 0.362 e. The summed E-state index contributed by atoms with van der Waals surface area (Å²) < 4.78 is 0. The van der Waals surface area contributed by atoms with E-state index in [9.17, 15) is 9.59 Å². The Balaban J connectivity index is 1.29. The van der Waals surface area contributed by atoms with E-state index in [4.69, 9.17) is 0 Å². The molecule has 29 heavy (non-hydrogen) atoms. The van der Waals surface area contributed by atoms with Crippen molar-refractivity contribution in [3.8, 4) is 0 Å². The standard InChI is InChI=1S/C21H22N6O2/c1-14(27-24-17-8-4-5-9-18(17)25-27)20(29)26-12-10-21(11-13-26)22-16-7-3-2-6-15(16)19(28)23-21/h2-9,14,22H,10-13H2,1H3,(H,23,28)/t14-/m0/s1. The van der Waals surface area contributed by atoms with Crippen molar-refractivity contribution in [3.63, 3.8) is 0 Å². The van der Waals surface area contributed by atoms with Crippen LogP contribution in [0.5, 0.6) is 0 Å². The molecule has 148 valence electrons. The number of nitrogens with one attached hydrogen (secondary N) is 2. The summed E-state index contributed by atoms with van der Waals surface area (Å²) >= 11 is 0. The van der Waals surface area contributed by atoms with Crippen LogP contribution in [0, 0.1) is 0 Å². The van der Waals surface area contributed by atoms with Crippen LogP contribution in [0.1, 0.15) is 36.2 Å². The highest BCUT2D eigenvalue weighted by Gasteiger charge is 2.41. The molecule has 0 bridgehead atoms. The lowest BCUT2D eigenvalue weighted by molar-refractivity contribution is -0.136. The zero-order chi connectivity index (χ0) is 20.0. The monoisotopic (exact) mass is 390 g/mol. The molecule has 1 spiro atoms. The van der Waals surface area contributed by atoms with Crippen LogP contribution in [0.3, 0.4) is 0 Å². The van der Waals surface area contributed by atoms with Gasteiger partial charge in [-0.3, -0.25) is 9.59 Å². The molecule has 0 radical (unpaired) electrons. The van der Waals surface area contributed by atoms with Crippen LogP contribution in [0.15, 0.2) is 48.5 Å². The molecule has 0 saturated carbocycles. The Bertz CT molecular complexity index is 1070. The Hall–Kier alpha value is -3.42. The third-order valence-electron chi connectivity index (χ3n) is 5.83. The maximum absolute atomic E-state index is 13.0. The summed E-state index contributed by atoms with van der Waals surface area (Å²) in [6.45, 7) is 2.93. The van der Waals surface area contributed by atoms with E-state index in [1.54, 1.807) is 0 Å². The second kappa shape index (κ2) is 6.58.